The van der Waals surface area contributed by atoms with Crippen molar-refractivity contribution >= 4 is 29.0 Å². The lowest BCUT2D eigenvalue weighted by Gasteiger charge is -2.23. The van der Waals surface area contributed by atoms with E-state index in [0.29, 0.717) is 16.8 Å². The molecule has 0 aliphatic heterocycles. The van der Waals surface area contributed by atoms with Crippen molar-refractivity contribution in [3.8, 4) is 0 Å². The van der Waals surface area contributed by atoms with Crippen LogP contribution in [0.1, 0.15) is 42.6 Å². The second kappa shape index (κ2) is 7.42. The third kappa shape index (κ3) is 4.42. The van der Waals surface area contributed by atoms with E-state index < -0.39 is 0 Å². The molecule has 2 aromatic rings. The zero-order valence-corrected chi connectivity index (χ0v) is 13.5. The van der Waals surface area contributed by atoms with Gasteiger partial charge in [0.2, 0.25) is 0 Å². The van der Waals surface area contributed by atoms with Crippen LogP contribution in [0.15, 0.2) is 36.7 Å². The molecular formula is C17H19ClN4O. The molecule has 1 saturated carbocycles. The summed E-state index contributed by atoms with van der Waals surface area (Å²) >= 11 is 5.90. The number of hydrogen-bond acceptors (Lipinski definition) is 4. The van der Waals surface area contributed by atoms with E-state index in [4.69, 9.17) is 11.6 Å². The molecule has 1 amide bonds. The van der Waals surface area contributed by atoms with E-state index in [9.17, 15) is 4.79 Å². The number of carbonyl (C=O) groups excluding carboxylic acids is 1. The number of nitrogens with zero attached hydrogens (tertiary/aromatic N) is 2. The van der Waals surface area contributed by atoms with Crippen molar-refractivity contribution in [1.82, 2.24) is 9.97 Å². The molecule has 23 heavy (non-hydrogen) atoms. The molecule has 0 saturated heterocycles. The summed E-state index contributed by atoms with van der Waals surface area (Å²) in [6.07, 6.45) is 9.26. The molecule has 0 spiro atoms. The lowest BCUT2D eigenvalue weighted by molar-refractivity contribution is 0.102. The van der Waals surface area contributed by atoms with Crippen LogP contribution < -0.4 is 10.6 Å². The Kier molecular flexibility index (Phi) is 5.08. The minimum absolute atomic E-state index is 0.277. The Morgan fingerprint density at radius 3 is 2.65 bits per heavy atom. The monoisotopic (exact) mass is 330 g/mol. The zero-order chi connectivity index (χ0) is 16.1. The summed E-state index contributed by atoms with van der Waals surface area (Å²) in [5.41, 5.74) is 0.910. The molecular weight excluding hydrogens is 312 g/mol. The first kappa shape index (κ1) is 15.7. The first-order valence-electron chi connectivity index (χ1n) is 7.86. The Labute approximate surface area is 140 Å². The second-order valence-electron chi connectivity index (χ2n) is 5.73. The van der Waals surface area contributed by atoms with E-state index in [0.717, 1.165) is 5.82 Å². The normalized spacial score (nSPS) is 15.2. The standard InChI is InChI=1S/C17H19ClN4O/c18-12-5-4-8-14(9-12)22-17(23)15-10-20-16(11-19-15)21-13-6-2-1-3-7-13/h4-5,8-11,13H,1-3,6-7H2,(H,20,21)(H,22,23). The number of carbonyl (C=O) groups is 1. The topological polar surface area (TPSA) is 66.9 Å². The van der Waals surface area contributed by atoms with Gasteiger partial charge in [-0.3, -0.25) is 4.79 Å². The highest BCUT2D eigenvalue weighted by Crippen LogP contribution is 2.20. The Morgan fingerprint density at radius 2 is 1.96 bits per heavy atom. The van der Waals surface area contributed by atoms with E-state index in [2.05, 4.69) is 20.6 Å². The highest BCUT2D eigenvalue weighted by Gasteiger charge is 2.14. The van der Waals surface area contributed by atoms with Crippen LogP contribution in [0.25, 0.3) is 0 Å². The van der Waals surface area contributed by atoms with Crippen LogP contribution in [0, 0.1) is 0 Å². The summed E-state index contributed by atoms with van der Waals surface area (Å²) < 4.78 is 0. The maximum atomic E-state index is 12.1. The van der Waals surface area contributed by atoms with Crippen LogP contribution in [0.4, 0.5) is 11.5 Å². The van der Waals surface area contributed by atoms with Crippen molar-refractivity contribution in [3.63, 3.8) is 0 Å². The molecule has 120 valence electrons. The highest BCUT2D eigenvalue weighted by molar-refractivity contribution is 6.30. The molecule has 1 fully saturated rings. The molecule has 0 atom stereocenters. The van der Waals surface area contributed by atoms with Crippen LogP contribution in [0.2, 0.25) is 5.02 Å². The van der Waals surface area contributed by atoms with Gasteiger partial charge < -0.3 is 10.6 Å². The Hall–Kier alpha value is -2.14. The predicted octanol–water partition coefficient (Wildman–Crippen LogP) is 4.13. The summed E-state index contributed by atoms with van der Waals surface area (Å²) in [5, 5.41) is 6.71. The summed E-state index contributed by atoms with van der Waals surface area (Å²) in [4.78, 5) is 20.6. The van der Waals surface area contributed by atoms with Gasteiger partial charge in [-0.2, -0.15) is 0 Å². The quantitative estimate of drug-likeness (QED) is 0.884. The molecule has 1 aliphatic carbocycles. The largest absolute Gasteiger partial charge is 0.366 e. The number of hydrogen-bond donors (Lipinski definition) is 2. The van der Waals surface area contributed by atoms with Gasteiger partial charge in [-0.15, -0.1) is 0 Å². The van der Waals surface area contributed by atoms with Gasteiger partial charge >= 0.3 is 0 Å². The SMILES string of the molecule is O=C(Nc1cccc(Cl)c1)c1cnc(NC2CCCCC2)cn1. The fraction of sp³-hybridized carbons (Fsp3) is 0.353. The van der Waals surface area contributed by atoms with E-state index in [1.54, 1.807) is 30.5 Å². The van der Waals surface area contributed by atoms with Crippen molar-refractivity contribution in [2.24, 2.45) is 0 Å². The number of rotatable bonds is 4. The molecule has 6 heteroatoms. The number of amides is 1. The van der Waals surface area contributed by atoms with Crippen molar-refractivity contribution in [1.29, 1.82) is 0 Å². The van der Waals surface area contributed by atoms with Gasteiger partial charge in [0, 0.05) is 16.8 Å². The molecule has 0 bridgehead atoms. The molecule has 0 radical (unpaired) electrons. The lowest BCUT2D eigenvalue weighted by atomic mass is 9.96. The van der Waals surface area contributed by atoms with Gasteiger partial charge in [0.1, 0.15) is 11.5 Å². The fourth-order valence-corrected chi connectivity index (χ4v) is 2.93. The molecule has 0 unspecified atom stereocenters. The smallest absolute Gasteiger partial charge is 0.275 e. The van der Waals surface area contributed by atoms with Crippen molar-refractivity contribution in [2.45, 2.75) is 38.1 Å². The maximum Gasteiger partial charge on any atom is 0.275 e. The molecule has 3 rings (SSSR count). The van der Waals surface area contributed by atoms with Crippen LogP contribution in [-0.4, -0.2) is 21.9 Å². The number of aromatic nitrogens is 2. The summed E-state index contributed by atoms with van der Waals surface area (Å²) in [6, 6.07) is 7.45. The first-order valence-corrected chi connectivity index (χ1v) is 8.24. The molecule has 5 nitrogen and oxygen atoms in total. The van der Waals surface area contributed by atoms with Crippen molar-refractivity contribution in [2.75, 3.05) is 10.6 Å². The molecule has 1 aromatic heterocycles. The third-order valence-electron chi connectivity index (χ3n) is 3.92. The van der Waals surface area contributed by atoms with Crippen molar-refractivity contribution in [3.05, 3.63) is 47.4 Å². The molecule has 1 aromatic carbocycles. The fourth-order valence-electron chi connectivity index (χ4n) is 2.74. The number of nitrogens with one attached hydrogen (secondary N) is 2. The predicted molar refractivity (Wildman–Crippen MR) is 91.9 cm³/mol. The van der Waals surface area contributed by atoms with E-state index >= 15 is 0 Å². The number of benzene rings is 1. The summed E-state index contributed by atoms with van der Waals surface area (Å²) in [7, 11) is 0. The first-order chi connectivity index (χ1) is 11.2. The van der Waals surface area contributed by atoms with Crippen LogP contribution in [-0.2, 0) is 0 Å². The van der Waals surface area contributed by atoms with Gasteiger partial charge in [-0.25, -0.2) is 9.97 Å². The molecule has 1 aliphatic rings. The Balaban J connectivity index is 1.60. The average molecular weight is 331 g/mol. The van der Waals surface area contributed by atoms with E-state index in [-0.39, 0.29) is 11.6 Å². The van der Waals surface area contributed by atoms with Gasteiger partial charge in [-0.05, 0) is 31.0 Å². The van der Waals surface area contributed by atoms with Gasteiger partial charge in [0.25, 0.3) is 5.91 Å². The summed E-state index contributed by atoms with van der Waals surface area (Å²) in [5.74, 6) is 0.417. The van der Waals surface area contributed by atoms with Gasteiger partial charge in [-0.1, -0.05) is 36.9 Å². The lowest BCUT2D eigenvalue weighted by Crippen LogP contribution is -2.23. The average Bonchev–Trinajstić information content (AvgIpc) is 2.56. The second-order valence-corrected chi connectivity index (χ2v) is 6.17. The van der Waals surface area contributed by atoms with Crippen LogP contribution in [0.5, 0.6) is 0 Å². The van der Waals surface area contributed by atoms with E-state index in [1.807, 2.05) is 0 Å². The van der Waals surface area contributed by atoms with Crippen LogP contribution in [0.3, 0.4) is 0 Å². The summed E-state index contributed by atoms with van der Waals surface area (Å²) in [6.45, 7) is 0. The minimum Gasteiger partial charge on any atom is -0.366 e. The van der Waals surface area contributed by atoms with E-state index in [1.165, 1.54) is 38.3 Å². The zero-order valence-electron chi connectivity index (χ0n) is 12.8. The maximum absolute atomic E-state index is 12.1. The van der Waals surface area contributed by atoms with Gasteiger partial charge in [0.05, 0.1) is 12.4 Å². The van der Waals surface area contributed by atoms with Gasteiger partial charge in [0.15, 0.2) is 0 Å². The highest BCUT2D eigenvalue weighted by atomic mass is 35.5. The minimum atomic E-state index is -0.302. The third-order valence-corrected chi connectivity index (χ3v) is 4.16. The van der Waals surface area contributed by atoms with Crippen LogP contribution >= 0.6 is 11.6 Å². The molecule has 1 heterocycles. The molecule has 2 N–H and O–H groups in total. The number of anilines is 2. The Bertz CT molecular complexity index is 669. The van der Waals surface area contributed by atoms with Crippen molar-refractivity contribution < 1.29 is 4.79 Å². The Morgan fingerprint density at radius 1 is 1.13 bits per heavy atom. The number of halogens is 1.